The molecule has 1 aromatic rings. The maximum Gasteiger partial charge on any atom is 0.231 e. The van der Waals surface area contributed by atoms with Gasteiger partial charge in [0.2, 0.25) is 5.91 Å². The Hall–Kier alpha value is -1.82. The van der Waals surface area contributed by atoms with Crippen LogP contribution in [0.15, 0.2) is 18.2 Å². The van der Waals surface area contributed by atoms with Gasteiger partial charge in [0.25, 0.3) is 0 Å². The van der Waals surface area contributed by atoms with Crippen LogP contribution in [0.5, 0.6) is 0 Å². The Morgan fingerprint density at radius 3 is 2.47 bits per heavy atom. The van der Waals surface area contributed by atoms with Gasteiger partial charge in [0, 0.05) is 6.07 Å². The Morgan fingerprint density at radius 1 is 1.29 bits per heavy atom. The van der Waals surface area contributed by atoms with Crippen molar-refractivity contribution in [3.8, 4) is 0 Å². The van der Waals surface area contributed by atoms with E-state index < -0.39 is 23.3 Å². The van der Waals surface area contributed by atoms with Gasteiger partial charge in [0.15, 0.2) is 5.78 Å². The summed E-state index contributed by atoms with van der Waals surface area (Å²) in [6, 6.07) is 2.72. The van der Waals surface area contributed by atoms with E-state index in [-0.39, 0.29) is 18.7 Å². The van der Waals surface area contributed by atoms with Crippen LogP contribution in [-0.4, -0.2) is 36.7 Å². The van der Waals surface area contributed by atoms with E-state index in [4.69, 9.17) is 5.73 Å². The number of Topliss-reactive ketones (excluding diaryl/α,β-unsaturated/α-hetero) is 1. The van der Waals surface area contributed by atoms with Crippen molar-refractivity contribution >= 4 is 11.7 Å². The molecule has 0 radical (unpaired) electrons. The molecule has 0 aromatic heterocycles. The van der Waals surface area contributed by atoms with Gasteiger partial charge < -0.3 is 5.73 Å². The second-order valence-corrected chi connectivity index (χ2v) is 3.69. The average molecular weight is 242 g/mol. The summed E-state index contributed by atoms with van der Waals surface area (Å²) < 4.78 is 25.9. The lowest BCUT2D eigenvalue weighted by atomic mass is 10.1. The minimum atomic E-state index is -0.914. The lowest BCUT2D eigenvalue weighted by molar-refractivity contribution is -0.118. The molecule has 92 valence electrons. The van der Waals surface area contributed by atoms with Crippen LogP contribution in [0, 0.1) is 11.6 Å². The number of carbonyl (C=O) groups excluding carboxylic acids is 2. The molecule has 1 amide bonds. The highest BCUT2D eigenvalue weighted by Crippen LogP contribution is 2.10. The molecule has 17 heavy (non-hydrogen) atoms. The van der Waals surface area contributed by atoms with Gasteiger partial charge in [-0.3, -0.25) is 14.5 Å². The van der Waals surface area contributed by atoms with Crippen LogP contribution in [0.4, 0.5) is 8.78 Å². The summed E-state index contributed by atoms with van der Waals surface area (Å²) in [4.78, 5) is 23.6. The number of hydrogen-bond acceptors (Lipinski definition) is 3. The van der Waals surface area contributed by atoms with Crippen molar-refractivity contribution in [3.05, 3.63) is 35.4 Å². The Morgan fingerprint density at radius 2 is 1.94 bits per heavy atom. The van der Waals surface area contributed by atoms with Crippen LogP contribution < -0.4 is 5.73 Å². The first-order valence-corrected chi connectivity index (χ1v) is 4.85. The van der Waals surface area contributed by atoms with Gasteiger partial charge in [0.05, 0.1) is 18.7 Å². The third kappa shape index (κ3) is 3.92. The first kappa shape index (κ1) is 13.2. The standard InChI is InChI=1S/C11H12F2N2O2/c1-15(6-11(14)17)5-10(16)8-3-2-7(12)4-9(8)13/h2-4H,5-6H2,1H3,(H2,14,17). The van der Waals surface area contributed by atoms with Crippen molar-refractivity contribution in [1.29, 1.82) is 0 Å². The van der Waals surface area contributed by atoms with E-state index in [9.17, 15) is 18.4 Å². The van der Waals surface area contributed by atoms with Crippen LogP contribution in [-0.2, 0) is 4.79 Å². The van der Waals surface area contributed by atoms with Gasteiger partial charge >= 0.3 is 0 Å². The van der Waals surface area contributed by atoms with Gasteiger partial charge in [-0.15, -0.1) is 0 Å². The van der Waals surface area contributed by atoms with Gasteiger partial charge in [-0.1, -0.05) is 0 Å². The van der Waals surface area contributed by atoms with Crippen LogP contribution in [0.25, 0.3) is 0 Å². The summed E-state index contributed by atoms with van der Waals surface area (Å²) in [6.45, 7) is -0.264. The number of halogens is 2. The van der Waals surface area contributed by atoms with Crippen molar-refractivity contribution in [1.82, 2.24) is 4.90 Å². The number of likely N-dealkylation sites (N-methyl/N-ethyl adjacent to an activating group) is 1. The van der Waals surface area contributed by atoms with E-state index in [2.05, 4.69) is 0 Å². The van der Waals surface area contributed by atoms with Crippen molar-refractivity contribution in [2.24, 2.45) is 5.73 Å². The van der Waals surface area contributed by atoms with Crippen molar-refractivity contribution in [3.63, 3.8) is 0 Å². The zero-order chi connectivity index (χ0) is 13.0. The van der Waals surface area contributed by atoms with E-state index in [1.54, 1.807) is 0 Å². The fraction of sp³-hybridized carbons (Fsp3) is 0.273. The zero-order valence-corrected chi connectivity index (χ0v) is 9.24. The third-order valence-electron chi connectivity index (χ3n) is 2.07. The highest BCUT2D eigenvalue weighted by molar-refractivity contribution is 5.98. The summed E-state index contributed by atoms with van der Waals surface area (Å²) in [7, 11) is 1.50. The highest BCUT2D eigenvalue weighted by atomic mass is 19.1. The number of amides is 1. The fourth-order valence-corrected chi connectivity index (χ4v) is 1.37. The number of primary amides is 1. The van der Waals surface area contributed by atoms with E-state index >= 15 is 0 Å². The number of hydrogen-bond donors (Lipinski definition) is 1. The first-order valence-electron chi connectivity index (χ1n) is 4.85. The molecule has 0 saturated heterocycles. The molecule has 4 nitrogen and oxygen atoms in total. The predicted molar refractivity (Wildman–Crippen MR) is 57.4 cm³/mol. The summed E-state index contributed by atoms with van der Waals surface area (Å²) in [5.41, 5.74) is 4.74. The molecule has 1 aromatic carbocycles. The van der Waals surface area contributed by atoms with Crippen LogP contribution in [0.2, 0.25) is 0 Å². The number of nitrogens with two attached hydrogens (primary N) is 1. The predicted octanol–water partition coefficient (Wildman–Crippen LogP) is 0.565. The number of carbonyl (C=O) groups is 2. The topological polar surface area (TPSA) is 63.4 Å². The number of ketones is 1. The second kappa shape index (κ2) is 5.49. The molecule has 0 fully saturated rings. The largest absolute Gasteiger partial charge is 0.369 e. The molecule has 0 saturated carbocycles. The van der Waals surface area contributed by atoms with Gasteiger partial charge in [-0.05, 0) is 19.2 Å². The fourth-order valence-electron chi connectivity index (χ4n) is 1.37. The van der Waals surface area contributed by atoms with Crippen molar-refractivity contribution < 1.29 is 18.4 Å². The van der Waals surface area contributed by atoms with Gasteiger partial charge in [-0.2, -0.15) is 0 Å². The van der Waals surface area contributed by atoms with Gasteiger partial charge in [0.1, 0.15) is 11.6 Å². The monoisotopic (exact) mass is 242 g/mol. The van der Waals surface area contributed by atoms with Crippen LogP contribution in [0.3, 0.4) is 0 Å². The van der Waals surface area contributed by atoms with Crippen molar-refractivity contribution in [2.75, 3.05) is 20.1 Å². The molecule has 0 aliphatic rings. The summed E-state index contributed by atoms with van der Waals surface area (Å²) >= 11 is 0. The maximum absolute atomic E-state index is 13.2. The zero-order valence-electron chi connectivity index (χ0n) is 9.24. The van der Waals surface area contributed by atoms with E-state index in [1.165, 1.54) is 11.9 Å². The summed E-state index contributed by atoms with van der Waals surface area (Å²) in [5, 5.41) is 0. The average Bonchev–Trinajstić information content (AvgIpc) is 2.15. The number of benzene rings is 1. The molecule has 0 aliphatic heterocycles. The lowest BCUT2D eigenvalue weighted by Crippen LogP contribution is -2.34. The second-order valence-electron chi connectivity index (χ2n) is 3.69. The number of rotatable bonds is 5. The lowest BCUT2D eigenvalue weighted by Gasteiger charge is -2.13. The Bertz CT molecular complexity index is 449. The minimum Gasteiger partial charge on any atom is -0.369 e. The van der Waals surface area contributed by atoms with Gasteiger partial charge in [-0.25, -0.2) is 8.78 Å². The quantitative estimate of drug-likeness (QED) is 0.767. The molecule has 0 heterocycles. The SMILES string of the molecule is CN(CC(N)=O)CC(=O)c1ccc(F)cc1F. The Labute approximate surface area is 97.0 Å². The minimum absolute atomic E-state index is 0.103. The number of nitrogens with zero attached hydrogens (tertiary/aromatic N) is 1. The molecule has 0 bridgehead atoms. The molecular formula is C11H12F2N2O2. The molecule has 1 rings (SSSR count). The molecule has 0 unspecified atom stereocenters. The highest BCUT2D eigenvalue weighted by Gasteiger charge is 2.15. The Kier molecular flexibility index (Phi) is 4.28. The molecule has 0 atom stereocenters. The third-order valence-corrected chi connectivity index (χ3v) is 2.07. The Balaban J connectivity index is 2.73. The van der Waals surface area contributed by atoms with E-state index in [0.29, 0.717) is 6.07 Å². The van der Waals surface area contributed by atoms with Crippen LogP contribution >= 0.6 is 0 Å². The summed E-state index contributed by atoms with van der Waals surface area (Å²) in [5.74, 6) is -2.78. The smallest absolute Gasteiger partial charge is 0.231 e. The molecule has 6 heteroatoms. The van der Waals surface area contributed by atoms with E-state index in [0.717, 1.165) is 12.1 Å². The van der Waals surface area contributed by atoms with Crippen LogP contribution in [0.1, 0.15) is 10.4 Å². The molecule has 2 N–H and O–H groups in total. The molecule has 0 spiro atoms. The molecular weight excluding hydrogens is 230 g/mol. The van der Waals surface area contributed by atoms with Crippen molar-refractivity contribution in [2.45, 2.75) is 0 Å². The first-order chi connectivity index (χ1) is 7.90. The van der Waals surface area contributed by atoms with E-state index in [1.807, 2.05) is 0 Å². The maximum atomic E-state index is 13.2. The normalized spacial score (nSPS) is 10.6. The summed E-state index contributed by atoms with van der Waals surface area (Å²) in [6.07, 6.45) is 0. The molecule has 0 aliphatic carbocycles.